The minimum absolute atomic E-state index is 0.0879. The second-order valence-corrected chi connectivity index (χ2v) is 8.04. The monoisotopic (exact) mass is 391 g/mol. The Bertz CT molecular complexity index is 944. The zero-order chi connectivity index (χ0) is 20.4. The SMILES string of the molecule is CCN(c1ccc(C(=O)N2CCCC(c3nc4ccccc4o3)C2)cc1)C(C)C. The molecule has 1 aliphatic rings. The van der Waals surface area contributed by atoms with Gasteiger partial charge in [0.05, 0.1) is 5.92 Å². The number of piperidine rings is 1. The summed E-state index contributed by atoms with van der Waals surface area (Å²) < 4.78 is 5.96. The molecule has 4 rings (SSSR count). The third-order valence-corrected chi connectivity index (χ3v) is 5.78. The van der Waals surface area contributed by atoms with Gasteiger partial charge in [0.2, 0.25) is 0 Å². The van der Waals surface area contributed by atoms with Crippen LogP contribution >= 0.6 is 0 Å². The van der Waals surface area contributed by atoms with E-state index in [1.165, 1.54) is 0 Å². The number of anilines is 1. The molecule has 0 bridgehead atoms. The van der Waals surface area contributed by atoms with Crippen molar-refractivity contribution in [1.29, 1.82) is 0 Å². The van der Waals surface area contributed by atoms with E-state index in [0.29, 0.717) is 12.6 Å². The second-order valence-electron chi connectivity index (χ2n) is 8.04. The van der Waals surface area contributed by atoms with E-state index < -0.39 is 0 Å². The molecule has 1 aliphatic heterocycles. The molecule has 1 fully saturated rings. The summed E-state index contributed by atoms with van der Waals surface area (Å²) in [6.45, 7) is 8.90. The summed E-state index contributed by atoms with van der Waals surface area (Å²) >= 11 is 0. The third kappa shape index (κ3) is 4.00. The predicted octanol–water partition coefficient (Wildman–Crippen LogP) is 5.08. The molecule has 2 aromatic carbocycles. The Balaban J connectivity index is 1.48. The quantitative estimate of drug-likeness (QED) is 0.608. The topological polar surface area (TPSA) is 49.6 Å². The number of hydrogen-bond donors (Lipinski definition) is 0. The second kappa shape index (κ2) is 8.27. The van der Waals surface area contributed by atoms with Gasteiger partial charge in [-0.1, -0.05) is 12.1 Å². The van der Waals surface area contributed by atoms with Crippen LogP contribution in [-0.2, 0) is 0 Å². The van der Waals surface area contributed by atoms with E-state index in [4.69, 9.17) is 4.42 Å². The first-order valence-corrected chi connectivity index (χ1v) is 10.6. The van der Waals surface area contributed by atoms with Crippen LogP contribution in [0.2, 0.25) is 0 Å². The highest BCUT2D eigenvalue weighted by Crippen LogP contribution is 2.30. The van der Waals surface area contributed by atoms with Crippen LogP contribution in [0.5, 0.6) is 0 Å². The van der Waals surface area contributed by atoms with Gasteiger partial charge in [-0.25, -0.2) is 4.98 Å². The van der Waals surface area contributed by atoms with Crippen molar-refractivity contribution in [2.24, 2.45) is 0 Å². The van der Waals surface area contributed by atoms with Gasteiger partial charge >= 0.3 is 0 Å². The van der Waals surface area contributed by atoms with Crippen molar-refractivity contribution in [3.05, 3.63) is 60.0 Å². The molecule has 0 radical (unpaired) electrons. The molecule has 152 valence electrons. The highest BCUT2D eigenvalue weighted by atomic mass is 16.3. The minimum atomic E-state index is 0.0879. The van der Waals surface area contributed by atoms with Gasteiger partial charge < -0.3 is 14.2 Å². The first-order chi connectivity index (χ1) is 14.1. The molecule has 0 saturated carbocycles. The summed E-state index contributed by atoms with van der Waals surface area (Å²) in [5.41, 5.74) is 3.59. The number of para-hydroxylation sites is 2. The zero-order valence-electron chi connectivity index (χ0n) is 17.5. The number of benzene rings is 2. The first kappa shape index (κ1) is 19.5. The molecule has 29 heavy (non-hydrogen) atoms. The van der Waals surface area contributed by atoms with Crippen molar-refractivity contribution in [2.75, 3.05) is 24.5 Å². The van der Waals surface area contributed by atoms with Gasteiger partial charge in [0.1, 0.15) is 5.52 Å². The van der Waals surface area contributed by atoms with Gasteiger partial charge in [-0.3, -0.25) is 4.79 Å². The van der Waals surface area contributed by atoms with Crippen LogP contribution in [0.15, 0.2) is 52.9 Å². The number of likely N-dealkylation sites (tertiary alicyclic amines) is 1. The maximum atomic E-state index is 13.1. The molecule has 1 unspecified atom stereocenters. The Labute approximate surface area is 172 Å². The summed E-state index contributed by atoms with van der Waals surface area (Å²) in [5.74, 6) is 0.982. The number of hydrogen-bond acceptors (Lipinski definition) is 4. The molecule has 5 heteroatoms. The van der Waals surface area contributed by atoms with E-state index >= 15 is 0 Å². The van der Waals surface area contributed by atoms with Gasteiger partial charge in [0.25, 0.3) is 5.91 Å². The summed E-state index contributed by atoms with van der Waals surface area (Å²) in [4.78, 5) is 22.0. The van der Waals surface area contributed by atoms with E-state index in [2.05, 4.69) is 42.8 Å². The van der Waals surface area contributed by atoms with Crippen LogP contribution < -0.4 is 4.90 Å². The van der Waals surface area contributed by atoms with Crippen LogP contribution in [0.25, 0.3) is 11.1 Å². The number of fused-ring (bicyclic) bond motifs is 1. The highest BCUT2D eigenvalue weighted by molar-refractivity contribution is 5.94. The minimum Gasteiger partial charge on any atom is -0.440 e. The maximum Gasteiger partial charge on any atom is 0.253 e. The lowest BCUT2D eigenvalue weighted by Crippen LogP contribution is -2.39. The fourth-order valence-corrected chi connectivity index (χ4v) is 4.25. The van der Waals surface area contributed by atoms with Crippen molar-refractivity contribution in [3.8, 4) is 0 Å². The number of carbonyl (C=O) groups excluding carboxylic acids is 1. The number of rotatable bonds is 5. The smallest absolute Gasteiger partial charge is 0.253 e. The fourth-order valence-electron chi connectivity index (χ4n) is 4.25. The van der Waals surface area contributed by atoms with Crippen LogP contribution in [0, 0.1) is 0 Å². The Hall–Kier alpha value is -2.82. The van der Waals surface area contributed by atoms with E-state index in [9.17, 15) is 4.79 Å². The standard InChI is InChI=1S/C24H29N3O2/c1-4-27(17(2)3)20-13-11-18(12-14-20)24(28)26-15-7-8-19(16-26)23-25-21-9-5-6-10-22(21)29-23/h5-6,9-14,17,19H,4,7-8,15-16H2,1-3H3. The summed E-state index contributed by atoms with van der Waals surface area (Å²) in [7, 11) is 0. The molecule has 2 heterocycles. The van der Waals surface area contributed by atoms with Crippen molar-refractivity contribution >= 4 is 22.7 Å². The van der Waals surface area contributed by atoms with Crippen molar-refractivity contribution in [1.82, 2.24) is 9.88 Å². The molecule has 0 aliphatic carbocycles. The molecule has 3 aromatic rings. The lowest BCUT2D eigenvalue weighted by molar-refractivity contribution is 0.0699. The lowest BCUT2D eigenvalue weighted by Gasteiger charge is -2.31. The highest BCUT2D eigenvalue weighted by Gasteiger charge is 2.28. The lowest BCUT2D eigenvalue weighted by atomic mass is 9.97. The zero-order valence-corrected chi connectivity index (χ0v) is 17.5. The Morgan fingerprint density at radius 3 is 2.66 bits per heavy atom. The van der Waals surface area contributed by atoms with E-state index in [1.54, 1.807) is 0 Å². The normalized spacial score (nSPS) is 17.1. The van der Waals surface area contributed by atoms with Crippen LogP contribution in [0.4, 0.5) is 5.69 Å². The molecule has 1 amide bonds. The average Bonchev–Trinajstić information content (AvgIpc) is 3.18. The van der Waals surface area contributed by atoms with Crippen LogP contribution in [0.1, 0.15) is 55.8 Å². The van der Waals surface area contributed by atoms with Crippen molar-refractivity contribution < 1.29 is 9.21 Å². The Morgan fingerprint density at radius 2 is 1.97 bits per heavy atom. The molecule has 1 saturated heterocycles. The number of aromatic nitrogens is 1. The van der Waals surface area contributed by atoms with Gasteiger partial charge in [0.15, 0.2) is 11.5 Å². The number of amides is 1. The maximum absolute atomic E-state index is 13.1. The molecule has 1 atom stereocenters. The molecule has 0 N–H and O–H groups in total. The van der Waals surface area contributed by atoms with Gasteiger partial charge in [0, 0.05) is 36.9 Å². The van der Waals surface area contributed by atoms with E-state index in [0.717, 1.165) is 54.2 Å². The van der Waals surface area contributed by atoms with Crippen molar-refractivity contribution in [3.63, 3.8) is 0 Å². The summed E-state index contributed by atoms with van der Waals surface area (Å²) in [6.07, 6.45) is 1.96. The first-order valence-electron chi connectivity index (χ1n) is 10.6. The van der Waals surface area contributed by atoms with E-state index in [1.807, 2.05) is 41.3 Å². The van der Waals surface area contributed by atoms with Crippen LogP contribution in [0.3, 0.4) is 0 Å². The molecule has 5 nitrogen and oxygen atoms in total. The predicted molar refractivity (Wildman–Crippen MR) is 116 cm³/mol. The molecular formula is C24H29N3O2. The van der Waals surface area contributed by atoms with E-state index in [-0.39, 0.29) is 11.8 Å². The number of carbonyl (C=O) groups is 1. The largest absolute Gasteiger partial charge is 0.440 e. The Morgan fingerprint density at radius 1 is 1.21 bits per heavy atom. The van der Waals surface area contributed by atoms with Gasteiger partial charge in [-0.15, -0.1) is 0 Å². The molecule has 0 spiro atoms. The van der Waals surface area contributed by atoms with Crippen molar-refractivity contribution in [2.45, 2.75) is 45.6 Å². The Kier molecular flexibility index (Phi) is 5.56. The average molecular weight is 392 g/mol. The third-order valence-electron chi connectivity index (χ3n) is 5.78. The number of oxazole rings is 1. The summed E-state index contributed by atoms with van der Waals surface area (Å²) in [5, 5.41) is 0. The van der Waals surface area contributed by atoms with Gasteiger partial charge in [-0.2, -0.15) is 0 Å². The summed E-state index contributed by atoms with van der Waals surface area (Å²) in [6, 6.07) is 16.3. The molecule has 1 aromatic heterocycles. The fraction of sp³-hybridized carbons (Fsp3) is 0.417. The van der Waals surface area contributed by atoms with Crippen LogP contribution in [-0.4, -0.2) is 41.5 Å². The number of nitrogens with zero attached hydrogens (tertiary/aromatic N) is 3. The molecular weight excluding hydrogens is 362 g/mol. The van der Waals surface area contributed by atoms with Gasteiger partial charge in [-0.05, 0) is 70.0 Å².